The molecular formula is C32H35ClFN5O4. The summed E-state index contributed by atoms with van der Waals surface area (Å²) in [5, 5.41) is 11.1. The lowest BCUT2D eigenvalue weighted by Crippen LogP contribution is -2.55. The van der Waals surface area contributed by atoms with Crippen molar-refractivity contribution in [3.63, 3.8) is 0 Å². The molecule has 9 nitrogen and oxygen atoms in total. The van der Waals surface area contributed by atoms with Crippen molar-refractivity contribution in [1.82, 2.24) is 19.4 Å². The van der Waals surface area contributed by atoms with E-state index in [4.69, 9.17) is 21.3 Å². The van der Waals surface area contributed by atoms with Crippen molar-refractivity contribution in [3.8, 4) is 22.7 Å². The molecule has 0 aliphatic carbocycles. The fraction of sp³-hybridized carbons (Fsp3) is 0.375. The summed E-state index contributed by atoms with van der Waals surface area (Å²) in [6.45, 7) is 12.5. The van der Waals surface area contributed by atoms with Gasteiger partial charge in [0.25, 0.3) is 0 Å². The van der Waals surface area contributed by atoms with Crippen LogP contribution in [-0.4, -0.2) is 61.9 Å². The molecular weight excluding hydrogens is 573 g/mol. The van der Waals surface area contributed by atoms with Gasteiger partial charge in [-0.3, -0.25) is 0 Å². The normalized spacial score (nSPS) is 15.8. The molecule has 0 radical (unpaired) electrons. The topological polar surface area (TPSA) is 101 Å². The van der Waals surface area contributed by atoms with Crippen molar-refractivity contribution in [2.75, 3.05) is 24.5 Å². The van der Waals surface area contributed by atoms with E-state index < -0.39 is 23.2 Å². The van der Waals surface area contributed by atoms with E-state index >= 15 is 4.39 Å². The second kappa shape index (κ2) is 11.5. The average Bonchev–Trinajstić information content (AvgIpc) is 2.92. The number of carbonyl (C=O) groups excluding carboxylic acids is 1. The second-order valence-corrected chi connectivity index (χ2v) is 12.5. The Morgan fingerprint density at radius 3 is 2.49 bits per heavy atom. The molecule has 2 aromatic heterocycles. The van der Waals surface area contributed by atoms with Crippen LogP contribution in [0.25, 0.3) is 28.0 Å². The molecule has 43 heavy (non-hydrogen) atoms. The van der Waals surface area contributed by atoms with E-state index in [9.17, 15) is 14.7 Å². The van der Waals surface area contributed by atoms with Crippen LogP contribution in [0.3, 0.4) is 0 Å². The fourth-order valence-electron chi connectivity index (χ4n) is 5.41. The van der Waals surface area contributed by atoms with Crippen LogP contribution in [0.1, 0.15) is 53.0 Å². The lowest BCUT2D eigenvalue weighted by Gasteiger charge is -2.41. The molecule has 1 aliphatic heterocycles. The highest BCUT2D eigenvalue weighted by molar-refractivity contribution is 6.34. The largest absolute Gasteiger partial charge is 0.507 e. The number of fused-ring (bicyclic) bond motifs is 1. The van der Waals surface area contributed by atoms with Gasteiger partial charge in [-0.05, 0) is 63.4 Å². The third kappa shape index (κ3) is 5.88. The van der Waals surface area contributed by atoms with E-state index in [2.05, 4.69) is 4.98 Å². The molecule has 0 bridgehead atoms. The Hall–Kier alpha value is -4.18. The number of hydrogen-bond acceptors (Lipinski definition) is 7. The van der Waals surface area contributed by atoms with Gasteiger partial charge in [0.05, 0.1) is 27.4 Å². The van der Waals surface area contributed by atoms with E-state index in [1.807, 2.05) is 70.7 Å². The van der Waals surface area contributed by atoms with E-state index in [1.165, 1.54) is 22.8 Å². The summed E-state index contributed by atoms with van der Waals surface area (Å²) in [7, 11) is 0. The van der Waals surface area contributed by atoms with Crippen LogP contribution >= 0.6 is 11.6 Å². The van der Waals surface area contributed by atoms with Crippen LogP contribution in [0.2, 0.25) is 5.02 Å². The van der Waals surface area contributed by atoms with Gasteiger partial charge in [-0.25, -0.2) is 23.5 Å². The van der Waals surface area contributed by atoms with Crippen LogP contribution < -0.4 is 10.6 Å². The maximum Gasteiger partial charge on any atom is 0.410 e. The van der Waals surface area contributed by atoms with Gasteiger partial charge >= 0.3 is 11.8 Å². The molecule has 2 aromatic carbocycles. The first-order chi connectivity index (χ1) is 20.3. The Kier molecular flexibility index (Phi) is 8.09. The molecule has 226 valence electrons. The summed E-state index contributed by atoms with van der Waals surface area (Å²) in [5.41, 5.74) is 0.337. The first-order valence-electron chi connectivity index (χ1n) is 14.2. The summed E-state index contributed by atoms with van der Waals surface area (Å²) in [6.07, 6.45) is -0.406. The lowest BCUT2D eigenvalue weighted by atomic mass is 10.0. The van der Waals surface area contributed by atoms with Crippen molar-refractivity contribution < 1.29 is 19.0 Å². The number of aromatic hydroxyl groups is 1. The van der Waals surface area contributed by atoms with Gasteiger partial charge < -0.3 is 19.6 Å². The molecule has 3 heterocycles. The average molecular weight is 608 g/mol. The number of phenolic OH excluding ortho intramolecular Hbond substituents is 1. The number of aromatic nitrogens is 3. The molecule has 0 spiro atoms. The van der Waals surface area contributed by atoms with E-state index in [0.29, 0.717) is 36.5 Å². The van der Waals surface area contributed by atoms with Gasteiger partial charge in [0.2, 0.25) is 0 Å². The van der Waals surface area contributed by atoms with Crippen molar-refractivity contribution >= 4 is 34.5 Å². The fourth-order valence-corrected chi connectivity index (χ4v) is 5.65. The quantitative estimate of drug-likeness (QED) is 0.282. The number of pyridine rings is 1. The van der Waals surface area contributed by atoms with Crippen LogP contribution in [0.4, 0.5) is 15.0 Å². The van der Waals surface area contributed by atoms with Crippen molar-refractivity contribution in [2.45, 2.75) is 59.1 Å². The summed E-state index contributed by atoms with van der Waals surface area (Å²) in [5.74, 6) is -0.604. The van der Waals surface area contributed by atoms with Crippen molar-refractivity contribution in [2.24, 2.45) is 0 Å². The molecule has 0 unspecified atom stereocenters. The number of para-hydroxylation sites is 1. The molecule has 4 aromatic rings. The molecule has 0 saturated carbocycles. The van der Waals surface area contributed by atoms with E-state index in [0.717, 1.165) is 5.56 Å². The number of nitrogens with zero attached hydrogens (tertiary/aromatic N) is 5. The number of halogens is 2. The highest BCUT2D eigenvalue weighted by Gasteiger charge is 2.33. The molecule has 1 N–H and O–H groups in total. The number of piperazine rings is 1. The SMILES string of the molecule is CC(C)c1ccccc1-n1c(=O)nc(N2CCN(C(=O)OC(C)(C)C)C[C@@H]2C)c2cc(Cl)c(-c3c(O)cccc3F)nc21. The summed E-state index contributed by atoms with van der Waals surface area (Å²) in [6, 6.07) is 12.8. The lowest BCUT2D eigenvalue weighted by molar-refractivity contribution is 0.0218. The number of rotatable bonds is 4. The van der Waals surface area contributed by atoms with E-state index in [-0.39, 0.29) is 39.6 Å². The minimum absolute atomic E-state index is 0.000104. The molecule has 1 fully saturated rings. The Morgan fingerprint density at radius 1 is 1.12 bits per heavy atom. The number of amides is 1. The maximum absolute atomic E-state index is 15.0. The van der Waals surface area contributed by atoms with Gasteiger partial charge in [0, 0.05) is 25.7 Å². The number of carbonyl (C=O) groups is 1. The third-order valence-electron chi connectivity index (χ3n) is 7.38. The van der Waals surface area contributed by atoms with Crippen LogP contribution in [0.15, 0.2) is 53.3 Å². The molecule has 1 saturated heterocycles. The standard InChI is InChI=1S/C32H35ClFN5O4/c1-18(2)20-10-7-8-12-24(20)39-29-21(16-22(33)27(35-29)26-23(34)11-9-13-25(26)40)28(36-30(39)41)38-15-14-37(17-19(38)3)31(42)43-32(4,5)6/h7-13,16,18-19,40H,14-15,17H2,1-6H3/t19-/m0/s1. The predicted octanol–water partition coefficient (Wildman–Crippen LogP) is 6.51. The highest BCUT2D eigenvalue weighted by Crippen LogP contribution is 2.39. The first kappa shape index (κ1) is 30.3. The number of ether oxygens (including phenoxy) is 1. The zero-order valence-electron chi connectivity index (χ0n) is 25.1. The molecule has 5 rings (SSSR count). The Morgan fingerprint density at radius 2 is 1.84 bits per heavy atom. The second-order valence-electron chi connectivity index (χ2n) is 12.1. The Balaban J connectivity index is 1.71. The van der Waals surface area contributed by atoms with Gasteiger partial charge in [-0.1, -0.05) is 49.7 Å². The Bertz CT molecular complexity index is 1750. The first-order valence-corrected chi connectivity index (χ1v) is 14.6. The molecule has 11 heteroatoms. The van der Waals surface area contributed by atoms with Crippen molar-refractivity contribution in [1.29, 1.82) is 0 Å². The van der Waals surface area contributed by atoms with Crippen LogP contribution in [0.5, 0.6) is 5.75 Å². The number of benzene rings is 2. The summed E-state index contributed by atoms with van der Waals surface area (Å²) < 4.78 is 22.0. The monoisotopic (exact) mass is 607 g/mol. The minimum Gasteiger partial charge on any atom is -0.507 e. The summed E-state index contributed by atoms with van der Waals surface area (Å²) in [4.78, 5) is 39.6. The van der Waals surface area contributed by atoms with Gasteiger partial charge in [-0.2, -0.15) is 4.98 Å². The predicted molar refractivity (Wildman–Crippen MR) is 166 cm³/mol. The highest BCUT2D eigenvalue weighted by atomic mass is 35.5. The summed E-state index contributed by atoms with van der Waals surface area (Å²) >= 11 is 6.73. The Labute approximate surface area is 254 Å². The van der Waals surface area contributed by atoms with E-state index in [1.54, 1.807) is 11.0 Å². The molecule has 1 amide bonds. The number of phenols is 1. The van der Waals surface area contributed by atoms with Crippen LogP contribution in [-0.2, 0) is 4.74 Å². The van der Waals surface area contributed by atoms with Gasteiger partial charge in [-0.15, -0.1) is 0 Å². The number of anilines is 1. The molecule has 1 atom stereocenters. The minimum atomic E-state index is -0.702. The zero-order valence-corrected chi connectivity index (χ0v) is 25.8. The zero-order chi connectivity index (χ0) is 31.2. The third-order valence-corrected chi connectivity index (χ3v) is 7.67. The smallest absolute Gasteiger partial charge is 0.410 e. The maximum atomic E-state index is 15.0. The number of hydrogen-bond donors (Lipinski definition) is 1. The van der Waals surface area contributed by atoms with Crippen LogP contribution in [0, 0.1) is 5.82 Å². The van der Waals surface area contributed by atoms with Gasteiger partial charge in [0.15, 0.2) is 5.65 Å². The van der Waals surface area contributed by atoms with Crippen molar-refractivity contribution in [3.05, 3.63) is 75.4 Å². The van der Waals surface area contributed by atoms with Gasteiger partial charge in [0.1, 0.15) is 23.0 Å². The molecule has 1 aliphatic rings.